The predicted molar refractivity (Wildman–Crippen MR) is 119 cm³/mol. The molecule has 2 atom stereocenters. The number of aromatic nitrogens is 1. The first-order valence-corrected chi connectivity index (χ1v) is 11.3. The van der Waals surface area contributed by atoms with E-state index in [4.69, 9.17) is 9.47 Å². The van der Waals surface area contributed by atoms with E-state index in [0.29, 0.717) is 12.5 Å². The molecule has 2 aromatic rings. The van der Waals surface area contributed by atoms with Gasteiger partial charge in [-0.05, 0) is 62.0 Å². The second kappa shape index (κ2) is 7.83. The fourth-order valence-electron chi connectivity index (χ4n) is 5.17. The van der Waals surface area contributed by atoms with Crippen LogP contribution in [-0.4, -0.2) is 48.3 Å². The van der Waals surface area contributed by atoms with E-state index in [-0.39, 0.29) is 23.7 Å². The largest absolute Gasteiger partial charge is 0.493 e. The molecule has 0 aliphatic carbocycles. The van der Waals surface area contributed by atoms with Crippen LogP contribution in [0.4, 0.5) is 4.79 Å². The lowest BCUT2D eigenvalue weighted by atomic mass is 9.78. The molecule has 4 aliphatic heterocycles. The van der Waals surface area contributed by atoms with E-state index in [1.165, 1.54) is 0 Å². The maximum atomic E-state index is 12.9. The number of hydrogen-bond donors (Lipinski definition) is 1. The maximum absolute atomic E-state index is 12.9. The molecule has 3 saturated heterocycles. The highest BCUT2D eigenvalue weighted by Crippen LogP contribution is 2.44. The Morgan fingerprint density at radius 3 is 2.71 bits per heavy atom. The van der Waals surface area contributed by atoms with Gasteiger partial charge < -0.3 is 14.8 Å². The van der Waals surface area contributed by atoms with Crippen molar-refractivity contribution >= 4 is 6.09 Å². The number of amides is 1. The number of hydrogen-bond acceptors (Lipinski definition) is 5. The standard InChI is InChI=1S/C25H31N3O3/c1-16-10-19(13-26-12-16)18-4-5-20-21(11-18)30-15-25(2,3)23(20)27-24(29)31-22-14-28-8-6-17(22)7-9-28/h4-5,10-13,17,22-23H,6-9,14-15H2,1-3H3,(H,27,29)/t22-,23?/m0/s1. The van der Waals surface area contributed by atoms with Crippen LogP contribution < -0.4 is 10.1 Å². The Labute approximate surface area is 183 Å². The van der Waals surface area contributed by atoms with E-state index in [9.17, 15) is 4.79 Å². The summed E-state index contributed by atoms with van der Waals surface area (Å²) >= 11 is 0. The molecule has 6 rings (SSSR count). The molecule has 31 heavy (non-hydrogen) atoms. The number of fused-ring (bicyclic) bond motifs is 4. The van der Waals surface area contributed by atoms with Crippen molar-refractivity contribution in [3.05, 3.63) is 47.8 Å². The van der Waals surface area contributed by atoms with Crippen molar-refractivity contribution in [2.75, 3.05) is 26.2 Å². The number of pyridine rings is 1. The molecule has 2 bridgehead atoms. The van der Waals surface area contributed by atoms with Gasteiger partial charge in [-0.3, -0.25) is 9.88 Å². The molecule has 1 aromatic carbocycles. The highest BCUT2D eigenvalue weighted by Gasteiger charge is 2.41. The minimum absolute atomic E-state index is 0.00104. The fourth-order valence-corrected chi connectivity index (χ4v) is 5.17. The molecular formula is C25H31N3O3. The first-order valence-electron chi connectivity index (χ1n) is 11.3. The van der Waals surface area contributed by atoms with Gasteiger partial charge in [-0.1, -0.05) is 26.0 Å². The monoisotopic (exact) mass is 421 g/mol. The number of alkyl carbamates (subject to hydrolysis) is 1. The van der Waals surface area contributed by atoms with Gasteiger partial charge in [0.05, 0.1) is 12.6 Å². The van der Waals surface area contributed by atoms with Crippen LogP contribution in [0.1, 0.15) is 43.9 Å². The molecule has 4 aliphatic rings. The summed E-state index contributed by atoms with van der Waals surface area (Å²) in [6, 6.07) is 8.13. The van der Waals surface area contributed by atoms with Gasteiger partial charge in [-0.2, -0.15) is 0 Å². The Hall–Kier alpha value is -2.60. The summed E-state index contributed by atoms with van der Waals surface area (Å²) in [6.07, 6.45) is 5.64. The molecule has 0 spiro atoms. The highest BCUT2D eigenvalue weighted by molar-refractivity contribution is 5.70. The fraction of sp³-hybridized carbons (Fsp3) is 0.520. The topological polar surface area (TPSA) is 63.7 Å². The van der Waals surface area contributed by atoms with Gasteiger partial charge in [-0.15, -0.1) is 0 Å². The number of ether oxygens (including phenoxy) is 2. The first kappa shape index (κ1) is 20.3. The Morgan fingerprint density at radius 2 is 2.00 bits per heavy atom. The zero-order chi connectivity index (χ0) is 21.6. The van der Waals surface area contributed by atoms with Crippen molar-refractivity contribution in [1.29, 1.82) is 0 Å². The van der Waals surface area contributed by atoms with Crippen LogP contribution in [-0.2, 0) is 4.74 Å². The average Bonchev–Trinajstić information content (AvgIpc) is 2.76. The summed E-state index contributed by atoms with van der Waals surface area (Å²) in [5, 5.41) is 3.17. The summed E-state index contributed by atoms with van der Waals surface area (Å²) in [7, 11) is 0. The number of benzene rings is 1. The Morgan fingerprint density at radius 1 is 1.19 bits per heavy atom. The lowest BCUT2D eigenvalue weighted by Gasteiger charge is -2.44. The van der Waals surface area contributed by atoms with Crippen molar-refractivity contribution in [2.24, 2.45) is 11.3 Å². The number of carbonyl (C=O) groups excluding carboxylic acids is 1. The number of nitrogens with one attached hydrogen (secondary N) is 1. The maximum Gasteiger partial charge on any atom is 0.407 e. The number of nitrogens with zero attached hydrogens (tertiary/aromatic N) is 2. The van der Waals surface area contributed by atoms with Gasteiger partial charge >= 0.3 is 6.09 Å². The minimum Gasteiger partial charge on any atom is -0.493 e. The molecule has 6 nitrogen and oxygen atoms in total. The third-order valence-corrected chi connectivity index (χ3v) is 7.03. The van der Waals surface area contributed by atoms with Crippen molar-refractivity contribution in [3.63, 3.8) is 0 Å². The molecule has 5 heterocycles. The van der Waals surface area contributed by atoms with Gasteiger partial charge in [0.2, 0.25) is 0 Å². The van der Waals surface area contributed by atoms with Crippen LogP contribution >= 0.6 is 0 Å². The average molecular weight is 422 g/mol. The molecule has 1 aromatic heterocycles. The molecule has 1 unspecified atom stereocenters. The van der Waals surface area contributed by atoms with Gasteiger partial charge in [0, 0.05) is 35.5 Å². The van der Waals surface area contributed by atoms with E-state index >= 15 is 0 Å². The van der Waals surface area contributed by atoms with Crippen LogP contribution in [0.5, 0.6) is 5.75 Å². The lowest BCUT2D eigenvalue weighted by molar-refractivity contribution is -0.0361. The quantitative estimate of drug-likeness (QED) is 0.799. The number of rotatable bonds is 3. The molecule has 3 fully saturated rings. The zero-order valence-electron chi connectivity index (χ0n) is 18.6. The Kier molecular flexibility index (Phi) is 5.13. The molecule has 0 radical (unpaired) electrons. The Balaban J connectivity index is 1.35. The number of aryl methyl sites for hydroxylation is 1. The SMILES string of the molecule is Cc1cncc(-c2ccc3c(c2)OCC(C)(C)C3NC(=O)O[C@H]2CN3CCC2CC3)c1. The van der Waals surface area contributed by atoms with Crippen LogP contribution in [0.3, 0.4) is 0 Å². The van der Waals surface area contributed by atoms with E-state index in [1.54, 1.807) is 0 Å². The lowest BCUT2D eigenvalue weighted by Crippen LogP contribution is -2.53. The van der Waals surface area contributed by atoms with E-state index < -0.39 is 0 Å². The molecule has 6 heteroatoms. The van der Waals surface area contributed by atoms with E-state index in [1.807, 2.05) is 19.3 Å². The summed E-state index contributed by atoms with van der Waals surface area (Å²) < 4.78 is 12.0. The molecular weight excluding hydrogens is 390 g/mol. The first-order chi connectivity index (χ1) is 14.9. The molecule has 1 amide bonds. The molecule has 164 valence electrons. The van der Waals surface area contributed by atoms with Gasteiger partial charge in [0.15, 0.2) is 0 Å². The van der Waals surface area contributed by atoms with Crippen molar-refractivity contribution in [1.82, 2.24) is 15.2 Å². The van der Waals surface area contributed by atoms with Gasteiger partial charge in [0.1, 0.15) is 11.9 Å². The van der Waals surface area contributed by atoms with E-state index in [2.05, 4.69) is 53.3 Å². The summed E-state index contributed by atoms with van der Waals surface area (Å²) in [6.45, 7) is 9.92. The molecule has 0 saturated carbocycles. The second-order valence-corrected chi connectivity index (χ2v) is 9.94. The predicted octanol–water partition coefficient (Wildman–Crippen LogP) is 4.34. The third kappa shape index (κ3) is 4.01. The third-order valence-electron chi connectivity index (χ3n) is 7.03. The van der Waals surface area contributed by atoms with E-state index in [0.717, 1.165) is 60.5 Å². The van der Waals surface area contributed by atoms with Crippen LogP contribution in [0.25, 0.3) is 11.1 Å². The number of piperidine rings is 3. The highest BCUT2D eigenvalue weighted by atomic mass is 16.6. The normalized spacial score (nSPS) is 28.4. The Bertz CT molecular complexity index is 982. The van der Waals surface area contributed by atoms with Crippen LogP contribution in [0.15, 0.2) is 36.7 Å². The summed E-state index contributed by atoms with van der Waals surface area (Å²) in [4.78, 5) is 19.6. The second-order valence-electron chi connectivity index (χ2n) is 9.94. The van der Waals surface area contributed by atoms with Crippen molar-refractivity contribution < 1.29 is 14.3 Å². The van der Waals surface area contributed by atoms with Crippen molar-refractivity contribution in [3.8, 4) is 16.9 Å². The summed E-state index contributed by atoms with van der Waals surface area (Å²) in [5.74, 6) is 1.31. The van der Waals surface area contributed by atoms with Gasteiger partial charge in [0.25, 0.3) is 0 Å². The van der Waals surface area contributed by atoms with Gasteiger partial charge in [-0.25, -0.2) is 4.79 Å². The zero-order valence-corrected chi connectivity index (χ0v) is 18.6. The smallest absolute Gasteiger partial charge is 0.407 e. The molecule has 1 N–H and O–H groups in total. The summed E-state index contributed by atoms with van der Waals surface area (Å²) in [5.41, 5.74) is 3.98. The number of carbonyl (C=O) groups is 1. The van der Waals surface area contributed by atoms with Crippen LogP contribution in [0.2, 0.25) is 0 Å². The van der Waals surface area contributed by atoms with Crippen molar-refractivity contribution in [2.45, 2.75) is 45.8 Å². The van der Waals surface area contributed by atoms with Crippen LogP contribution in [0, 0.1) is 18.3 Å². The minimum atomic E-state index is -0.323.